The first-order valence-electron chi connectivity index (χ1n) is 9.46. The summed E-state index contributed by atoms with van der Waals surface area (Å²) >= 11 is 5.35. The lowest BCUT2D eigenvalue weighted by atomic mass is 9.49. The summed E-state index contributed by atoms with van der Waals surface area (Å²) in [6.45, 7) is 2.06. The molecule has 4 aliphatic rings. The molecule has 5 rings (SSSR count). The smallest absolute Gasteiger partial charge is 0.244 e. The Morgan fingerprint density at radius 3 is 2.16 bits per heavy atom. The van der Waals surface area contributed by atoms with Gasteiger partial charge >= 0.3 is 0 Å². The van der Waals surface area contributed by atoms with Gasteiger partial charge in [0.05, 0.1) is 11.5 Å². The zero-order valence-electron chi connectivity index (χ0n) is 14.8. The number of benzene rings is 1. The SMILES string of the molecule is CC(NC(=S)NNC(=O)C12CC3CC(CC(C3)C1)C2)c1ccccc1. The Morgan fingerprint density at radius 1 is 1.04 bits per heavy atom. The minimum atomic E-state index is -0.150. The average Bonchev–Trinajstić information content (AvgIpc) is 2.59. The van der Waals surface area contributed by atoms with E-state index in [2.05, 4.69) is 35.2 Å². The van der Waals surface area contributed by atoms with Crippen molar-refractivity contribution in [1.82, 2.24) is 16.2 Å². The molecule has 3 N–H and O–H groups in total. The van der Waals surface area contributed by atoms with Gasteiger partial charge in [0.25, 0.3) is 0 Å². The van der Waals surface area contributed by atoms with Gasteiger partial charge in [0, 0.05) is 0 Å². The molecule has 4 aliphatic carbocycles. The molecule has 5 heteroatoms. The zero-order valence-corrected chi connectivity index (χ0v) is 15.6. The molecule has 0 saturated heterocycles. The van der Waals surface area contributed by atoms with E-state index in [4.69, 9.17) is 12.2 Å². The molecule has 25 heavy (non-hydrogen) atoms. The summed E-state index contributed by atoms with van der Waals surface area (Å²) in [4.78, 5) is 12.9. The maximum absolute atomic E-state index is 12.9. The first-order chi connectivity index (χ1) is 12.0. The number of amides is 1. The number of hydrogen-bond acceptors (Lipinski definition) is 2. The third kappa shape index (κ3) is 3.39. The first kappa shape index (κ1) is 16.8. The van der Waals surface area contributed by atoms with Gasteiger partial charge < -0.3 is 5.32 Å². The minimum Gasteiger partial charge on any atom is -0.355 e. The average molecular weight is 358 g/mol. The molecule has 4 nitrogen and oxygen atoms in total. The number of hydrogen-bond donors (Lipinski definition) is 3. The maximum atomic E-state index is 12.9. The van der Waals surface area contributed by atoms with Gasteiger partial charge in [0.2, 0.25) is 5.91 Å². The molecule has 4 bridgehead atoms. The van der Waals surface area contributed by atoms with Gasteiger partial charge in [-0.1, -0.05) is 30.3 Å². The molecule has 0 radical (unpaired) electrons. The molecule has 134 valence electrons. The molecule has 0 heterocycles. The third-order valence-corrected chi connectivity index (χ3v) is 6.68. The number of hydrazine groups is 1. The second-order valence-corrected chi connectivity index (χ2v) is 8.79. The van der Waals surface area contributed by atoms with Crippen molar-refractivity contribution in [3.63, 3.8) is 0 Å². The molecule has 1 aromatic rings. The molecule has 0 spiro atoms. The third-order valence-electron chi connectivity index (χ3n) is 6.46. The summed E-state index contributed by atoms with van der Waals surface area (Å²) in [5, 5.41) is 3.70. The lowest BCUT2D eigenvalue weighted by Crippen LogP contribution is -2.57. The minimum absolute atomic E-state index is 0.0950. The Morgan fingerprint density at radius 2 is 1.60 bits per heavy atom. The summed E-state index contributed by atoms with van der Waals surface area (Å²) in [7, 11) is 0. The van der Waals surface area contributed by atoms with Crippen LogP contribution in [0.2, 0.25) is 0 Å². The van der Waals surface area contributed by atoms with E-state index >= 15 is 0 Å². The van der Waals surface area contributed by atoms with Gasteiger partial charge in [-0.3, -0.25) is 15.6 Å². The maximum Gasteiger partial charge on any atom is 0.244 e. The van der Waals surface area contributed by atoms with Crippen LogP contribution >= 0.6 is 12.2 Å². The van der Waals surface area contributed by atoms with Crippen LogP contribution in [0.15, 0.2) is 30.3 Å². The quantitative estimate of drug-likeness (QED) is 0.573. The van der Waals surface area contributed by atoms with E-state index < -0.39 is 0 Å². The lowest BCUT2D eigenvalue weighted by Gasteiger charge is -2.55. The predicted octanol–water partition coefficient (Wildman–Crippen LogP) is 3.46. The van der Waals surface area contributed by atoms with Crippen molar-refractivity contribution in [2.45, 2.75) is 51.5 Å². The Balaban J connectivity index is 1.31. The predicted molar refractivity (Wildman–Crippen MR) is 102 cm³/mol. The number of nitrogens with one attached hydrogen (secondary N) is 3. The van der Waals surface area contributed by atoms with E-state index in [-0.39, 0.29) is 17.4 Å². The highest BCUT2D eigenvalue weighted by atomic mass is 32.1. The van der Waals surface area contributed by atoms with Gasteiger partial charge in [-0.2, -0.15) is 0 Å². The van der Waals surface area contributed by atoms with E-state index in [0.717, 1.165) is 37.0 Å². The fourth-order valence-electron chi connectivity index (χ4n) is 5.69. The monoisotopic (exact) mass is 357 g/mol. The van der Waals surface area contributed by atoms with Crippen LogP contribution in [0.25, 0.3) is 0 Å². The van der Waals surface area contributed by atoms with Crippen LogP contribution in [-0.2, 0) is 4.79 Å². The van der Waals surface area contributed by atoms with Crippen molar-refractivity contribution in [2.75, 3.05) is 0 Å². The fourth-order valence-corrected chi connectivity index (χ4v) is 5.92. The molecule has 1 amide bonds. The number of thiocarbonyl (C=S) groups is 1. The Labute approximate surface area is 155 Å². The van der Waals surface area contributed by atoms with Crippen LogP contribution in [-0.4, -0.2) is 11.0 Å². The Bertz CT molecular complexity index is 625. The van der Waals surface area contributed by atoms with Gasteiger partial charge in [-0.25, -0.2) is 0 Å². The van der Waals surface area contributed by atoms with Crippen molar-refractivity contribution in [3.8, 4) is 0 Å². The second kappa shape index (κ2) is 6.60. The number of carbonyl (C=O) groups excluding carboxylic acids is 1. The highest BCUT2D eigenvalue weighted by Crippen LogP contribution is 2.59. The van der Waals surface area contributed by atoms with Gasteiger partial charge in [-0.15, -0.1) is 0 Å². The van der Waals surface area contributed by atoms with E-state index in [9.17, 15) is 4.79 Å². The van der Waals surface area contributed by atoms with Crippen molar-refractivity contribution < 1.29 is 4.79 Å². The van der Waals surface area contributed by atoms with Crippen LogP contribution in [0.1, 0.15) is 57.1 Å². The van der Waals surface area contributed by atoms with E-state index in [1.807, 2.05) is 18.2 Å². The molecule has 0 aromatic heterocycles. The van der Waals surface area contributed by atoms with Crippen molar-refractivity contribution in [2.24, 2.45) is 23.2 Å². The van der Waals surface area contributed by atoms with Gasteiger partial charge in [0.15, 0.2) is 5.11 Å². The molecular weight excluding hydrogens is 330 g/mol. The molecule has 1 atom stereocenters. The van der Waals surface area contributed by atoms with Crippen molar-refractivity contribution in [3.05, 3.63) is 35.9 Å². The number of carbonyl (C=O) groups is 1. The van der Waals surface area contributed by atoms with Crippen LogP contribution in [0.4, 0.5) is 0 Å². The highest BCUT2D eigenvalue weighted by Gasteiger charge is 2.54. The molecule has 4 saturated carbocycles. The zero-order chi connectivity index (χ0) is 17.4. The molecular formula is C20H27N3OS. The Kier molecular flexibility index (Phi) is 4.44. The molecule has 1 unspecified atom stereocenters. The normalized spacial score (nSPS) is 33.6. The summed E-state index contributed by atoms with van der Waals surface area (Å²) in [6.07, 6.45) is 7.21. The summed E-state index contributed by atoms with van der Waals surface area (Å²) in [6, 6.07) is 10.2. The first-order valence-corrected chi connectivity index (χ1v) is 9.87. The van der Waals surface area contributed by atoms with Crippen LogP contribution < -0.4 is 16.2 Å². The standard InChI is InChI=1S/C20H27N3OS/c1-13(17-5-3-2-4-6-17)21-19(25)23-22-18(24)20-10-14-7-15(11-20)9-16(8-14)12-20/h2-6,13-16H,7-12H2,1H3,(H,22,24)(H2,21,23,25). The summed E-state index contributed by atoms with van der Waals surface area (Å²) in [5.74, 6) is 2.43. The lowest BCUT2D eigenvalue weighted by molar-refractivity contribution is -0.146. The van der Waals surface area contributed by atoms with Crippen LogP contribution in [0.3, 0.4) is 0 Å². The van der Waals surface area contributed by atoms with Crippen LogP contribution in [0.5, 0.6) is 0 Å². The largest absolute Gasteiger partial charge is 0.355 e. The second-order valence-electron chi connectivity index (χ2n) is 8.38. The van der Waals surface area contributed by atoms with Gasteiger partial charge in [-0.05, 0) is 81.0 Å². The topological polar surface area (TPSA) is 53.2 Å². The van der Waals surface area contributed by atoms with Crippen molar-refractivity contribution in [1.29, 1.82) is 0 Å². The van der Waals surface area contributed by atoms with Crippen molar-refractivity contribution >= 4 is 23.2 Å². The highest BCUT2D eigenvalue weighted by molar-refractivity contribution is 7.80. The van der Waals surface area contributed by atoms with Gasteiger partial charge in [0.1, 0.15) is 0 Å². The molecule has 4 fully saturated rings. The van der Waals surface area contributed by atoms with Crippen LogP contribution in [0, 0.1) is 23.2 Å². The Hall–Kier alpha value is -1.62. The molecule has 0 aliphatic heterocycles. The fraction of sp³-hybridized carbons (Fsp3) is 0.600. The number of rotatable bonds is 3. The van der Waals surface area contributed by atoms with E-state index in [1.54, 1.807) is 0 Å². The summed E-state index contributed by atoms with van der Waals surface area (Å²) < 4.78 is 0. The van der Waals surface area contributed by atoms with E-state index in [1.165, 1.54) is 24.8 Å². The van der Waals surface area contributed by atoms with E-state index in [0.29, 0.717) is 5.11 Å². The summed E-state index contributed by atoms with van der Waals surface area (Å²) in [5.41, 5.74) is 6.85. The molecule has 1 aromatic carbocycles.